The zero-order valence-electron chi connectivity index (χ0n) is 20.6. The fourth-order valence-corrected chi connectivity index (χ4v) is 8.94. The van der Waals surface area contributed by atoms with Crippen LogP contribution in [0.15, 0.2) is 11.6 Å². The van der Waals surface area contributed by atoms with Crippen molar-refractivity contribution in [2.75, 3.05) is 7.11 Å². The van der Waals surface area contributed by atoms with E-state index in [0.717, 1.165) is 30.6 Å². The molecule has 30 heavy (non-hydrogen) atoms. The van der Waals surface area contributed by atoms with E-state index >= 15 is 0 Å². The zero-order chi connectivity index (χ0) is 21.7. The third-order valence-electron chi connectivity index (χ3n) is 10.6. The Balaban J connectivity index is 1.52. The van der Waals surface area contributed by atoms with Gasteiger partial charge in [-0.3, -0.25) is 0 Å². The van der Waals surface area contributed by atoms with Crippen LogP contribution >= 0.6 is 0 Å². The molecule has 0 aromatic rings. The van der Waals surface area contributed by atoms with Gasteiger partial charge in [0.05, 0.1) is 12.2 Å². The third-order valence-corrected chi connectivity index (χ3v) is 10.6. The molecule has 3 saturated carbocycles. The molecule has 3 fully saturated rings. The lowest BCUT2D eigenvalue weighted by Gasteiger charge is -2.58. The lowest BCUT2D eigenvalue weighted by Crippen LogP contribution is -2.51. The number of rotatable bonds is 6. The molecule has 0 radical (unpaired) electrons. The molecule has 4 aliphatic carbocycles. The van der Waals surface area contributed by atoms with Gasteiger partial charge in [-0.1, -0.05) is 65.5 Å². The van der Waals surface area contributed by atoms with Crippen molar-refractivity contribution in [2.24, 2.45) is 46.3 Å². The second-order valence-electron chi connectivity index (χ2n) is 12.5. The van der Waals surface area contributed by atoms with Crippen molar-refractivity contribution in [1.29, 1.82) is 0 Å². The topological polar surface area (TPSA) is 29.5 Å². The zero-order valence-corrected chi connectivity index (χ0v) is 20.6. The monoisotopic (exact) mass is 416 g/mol. The average molecular weight is 417 g/mol. The SMILES string of the molecule is CO[C@H]1CC[C@@]2(C)C(=CCC3C4CC(O)C([C@H](C)CCCC(C)C)[C@@]4(C)CCC32)C1. The van der Waals surface area contributed by atoms with E-state index in [1.54, 1.807) is 5.57 Å². The van der Waals surface area contributed by atoms with E-state index < -0.39 is 0 Å². The lowest BCUT2D eigenvalue weighted by molar-refractivity contribution is -0.0644. The van der Waals surface area contributed by atoms with Gasteiger partial charge in [0.25, 0.3) is 0 Å². The van der Waals surface area contributed by atoms with Crippen LogP contribution in [0.4, 0.5) is 0 Å². The Labute approximate surface area is 186 Å². The highest BCUT2D eigenvalue weighted by molar-refractivity contribution is 5.25. The molecule has 0 aliphatic heterocycles. The van der Waals surface area contributed by atoms with Gasteiger partial charge >= 0.3 is 0 Å². The second kappa shape index (κ2) is 8.54. The summed E-state index contributed by atoms with van der Waals surface area (Å²) in [5.41, 5.74) is 2.41. The predicted molar refractivity (Wildman–Crippen MR) is 125 cm³/mol. The van der Waals surface area contributed by atoms with Gasteiger partial charge in [-0.25, -0.2) is 0 Å². The molecule has 0 spiro atoms. The first-order valence-corrected chi connectivity index (χ1v) is 13.1. The highest BCUT2D eigenvalue weighted by Gasteiger charge is 2.61. The van der Waals surface area contributed by atoms with Gasteiger partial charge in [-0.15, -0.1) is 0 Å². The molecule has 0 aromatic heterocycles. The maximum absolute atomic E-state index is 11.3. The van der Waals surface area contributed by atoms with Crippen LogP contribution in [0, 0.1) is 46.3 Å². The van der Waals surface area contributed by atoms with Crippen molar-refractivity contribution in [2.45, 2.75) is 111 Å². The van der Waals surface area contributed by atoms with E-state index in [2.05, 4.69) is 40.7 Å². The molecule has 172 valence electrons. The minimum Gasteiger partial charge on any atom is -0.393 e. The number of aliphatic hydroxyl groups is 1. The van der Waals surface area contributed by atoms with Crippen LogP contribution in [0.5, 0.6) is 0 Å². The predicted octanol–water partition coefficient (Wildman–Crippen LogP) is 7.01. The van der Waals surface area contributed by atoms with Crippen LogP contribution in [-0.4, -0.2) is 24.4 Å². The van der Waals surface area contributed by atoms with Gasteiger partial charge in [-0.2, -0.15) is 0 Å². The van der Waals surface area contributed by atoms with Crippen LogP contribution in [0.1, 0.15) is 98.8 Å². The van der Waals surface area contributed by atoms with Crippen molar-refractivity contribution in [3.8, 4) is 0 Å². The van der Waals surface area contributed by atoms with Gasteiger partial charge in [-0.05, 0) is 91.3 Å². The number of aliphatic hydroxyl groups excluding tert-OH is 1. The maximum Gasteiger partial charge on any atom is 0.0608 e. The number of fused-ring (bicyclic) bond motifs is 5. The highest BCUT2D eigenvalue weighted by atomic mass is 16.5. The van der Waals surface area contributed by atoms with Crippen molar-refractivity contribution < 1.29 is 9.84 Å². The summed E-state index contributed by atoms with van der Waals surface area (Å²) in [6, 6.07) is 0. The van der Waals surface area contributed by atoms with Crippen LogP contribution in [0.3, 0.4) is 0 Å². The molecule has 0 bridgehead atoms. The van der Waals surface area contributed by atoms with Crippen LogP contribution in [-0.2, 0) is 4.74 Å². The smallest absolute Gasteiger partial charge is 0.0608 e. The lowest BCUT2D eigenvalue weighted by atomic mass is 9.47. The fourth-order valence-electron chi connectivity index (χ4n) is 8.94. The Morgan fingerprint density at radius 3 is 2.57 bits per heavy atom. The minimum absolute atomic E-state index is 0.0878. The van der Waals surface area contributed by atoms with E-state index in [1.165, 1.54) is 51.4 Å². The van der Waals surface area contributed by atoms with Gasteiger partial charge in [0.2, 0.25) is 0 Å². The van der Waals surface area contributed by atoms with Crippen molar-refractivity contribution >= 4 is 0 Å². The van der Waals surface area contributed by atoms with E-state index in [1.807, 2.05) is 7.11 Å². The third kappa shape index (κ3) is 3.72. The summed E-state index contributed by atoms with van der Waals surface area (Å²) >= 11 is 0. The second-order valence-corrected chi connectivity index (χ2v) is 12.5. The van der Waals surface area contributed by atoms with Gasteiger partial charge < -0.3 is 9.84 Å². The fraction of sp³-hybridized carbons (Fsp3) is 0.929. The number of methoxy groups -OCH3 is 1. The van der Waals surface area contributed by atoms with E-state index in [0.29, 0.717) is 34.7 Å². The molecular formula is C28H48O2. The standard InChI is InChI=1S/C28H48O2/c1-18(2)8-7-9-19(3)26-25(29)17-24-22-11-10-20-16-21(30-6)12-14-27(20,4)23(22)13-15-28(24,26)5/h10,18-19,21-26,29H,7-9,11-17H2,1-6H3/t19-,21+,22?,23?,24?,25?,26?,27+,28+/m1/s1. The first kappa shape index (κ1) is 22.8. The molecule has 4 rings (SSSR count). The first-order valence-electron chi connectivity index (χ1n) is 13.1. The minimum atomic E-state index is -0.0878. The van der Waals surface area contributed by atoms with Crippen LogP contribution in [0.2, 0.25) is 0 Å². The van der Waals surface area contributed by atoms with Crippen LogP contribution < -0.4 is 0 Å². The number of ether oxygens (including phenoxy) is 1. The first-order chi connectivity index (χ1) is 14.2. The Kier molecular flexibility index (Phi) is 6.50. The number of hydrogen-bond donors (Lipinski definition) is 1. The van der Waals surface area contributed by atoms with Gasteiger partial charge in [0.1, 0.15) is 0 Å². The quantitative estimate of drug-likeness (QED) is 0.472. The number of allylic oxidation sites excluding steroid dienone is 1. The van der Waals surface area contributed by atoms with Crippen molar-refractivity contribution in [3.63, 3.8) is 0 Å². The largest absolute Gasteiger partial charge is 0.393 e. The highest BCUT2D eigenvalue weighted by Crippen LogP contribution is 2.67. The average Bonchev–Trinajstić information content (AvgIpc) is 2.97. The maximum atomic E-state index is 11.3. The summed E-state index contributed by atoms with van der Waals surface area (Å²) in [7, 11) is 1.88. The molecule has 2 heteroatoms. The molecule has 0 saturated heterocycles. The van der Waals surface area contributed by atoms with E-state index in [-0.39, 0.29) is 6.10 Å². The Morgan fingerprint density at radius 1 is 1.10 bits per heavy atom. The Bertz CT molecular complexity index is 639. The molecule has 2 nitrogen and oxygen atoms in total. The molecule has 0 amide bonds. The molecule has 0 heterocycles. The summed E-state index contributed by atoms with van der Waals surface area (Å²) in [6.45, 7) is 12.2. The molecule has 0 aromatic carbocycles. The molecular weight excluding hydrogens is 368 g/mol. The van der Waals surface area contributed by atoms with E-state index in [9.17, 15) is 5.11 Å². The molecule has 4 aliphatic rings. The summed E-state index contributed by atoms with van der Waals surface area (Å²) in [5, 5.41) is 11.3. The summed E-state index contributed by atoms with van der Waals surface area (Å²) < 4.78 is 5.73. The van der Waals surface area contributed by atoms with Crippen molar-refractivity contribution in [3.05, 3.63) is 11.6 Å². The number of hydrogen-bond acceptors (Lipinski definition) is 2. The summed E-state index contributed by atoms with van der Waals surface area (Å²) in [5.74, 6) is 4.24. The molecule has 1 N–H and O–H groups in total. The van der Waals surface area contributed by atoms with Gasteiger partial charge in [0.15, 0.2) is 0 Å². The van der Waals surface area contributed by atoms with Crippen LogP contribution in [0.25, 0.3) is 0 Å². The molecule has 9 atom stereocenters. The Hall–Kier alpha value is -0.340. The van der Waals surface area contributed by atoms with Crippen molar-refractivity contribution in [1.82, 2.24) is 0 Å². The molecule has 5 unspecified atom stereocenters. The normalized spacial score (nSPS) is 46.7. The summed E-state index contributed by atoms with van der Waals surface area (Å²) in [6.07, 6.45) is 15.5. The Morgan fingerprint density at radius 2 is 1.87 bits per heavy atom. The van der Waals surface area contributed by atoms with Gasteiger partial charge in [0, 0.05) is 7.11 Å². The van der Waals surface area contributed by atoms with E-state index in [4.69, 9.17) is 4.74 Å². The summed E-state index contributed by atoms with van der Waals surface area (Å²) in [4.78, 5) is 0.